The number of thiocarbonyl (C=S) groups is 1. The molecule has 0 atom stereocenters. The molecule has 0 unspecified atom stereocenters. The van der Waals surface area contributed by atoms with Gasteiger partial charge in [-0.2, -0.15) is 0 Å². The first-order valence-electron chi connectivity index (χ1n) is 7.54. The molecule has 2 amide bonds. The second-order valence-corrected chi connectivity index (χ2v) is 8.81. The first-order valence-corrected chi connectivity index (χ1v) is 10.5. The minimum Gasteiger partial charge on any atom is -0.302 e. The molecule has 0 radical (unpaired) electrons. The number of nitrogens with one attached hydrogen (secondary N) is 1. The fraction of sp³-hybridized carbons (Fsp3) is 0.250. The molecule has 2 aromatic rings. The summed E-state index contributed by atoms with van der Waals surface area (Å²) >= 11 is 9.59. The lowest BCUT2D eigenvalue weighted by Gasteiger charge is -2.13. The van der Waals surface area contributed by atoms with E-state index in [-0.39, 0.29) is 11.8 Å². The number of amides is 2. The first-order chi connectivity index (χ1) is 12.0. The van der Waals surface area contributed by atoms with E-state index in [0.29, 0.717) is 33.7 Å². The summed E-state index contributed by atoms with van der Waals surface area (Å²) in [5, 5.41) is 7.22. The average Bonchev–Trinajstić information content (AvgIpc) is 3.26. The van der Waals surface area contributed by atoms with Crippen molar-refractivity contribution >= 4 is 74.0 Å². The Morgan fingerprint density at radius 1 is 1.44 bits per heavy atom. The number of thiophene rings is 1. The van der Waals surface area contributed by atoms with Crippen LogP contribution in [0.1, 0.15) is 23.4 Å². The number of anilines is 1. The molecular formula is C16H15N3O2S4. The number of rotatable bonds is 6. The molecule has 3 heterocycles. The van der Waals surface area contributed by atoms with Crippen LogP contribution in [0, 0.1) is 6.92 Å². The van der Waals surface area contributed by atoms with E-state index >= 15 is 0 Å². The Hall–Kier alpha value is -1.55. The first kappa shape index (κ1) is 18.2. The van der Waals surface area contributed by atoms with Crippen molar-refractivity contribution in [2.75, 3.05) is 11.9 Å². The zero-order valence-corrected chi connectivity index (χ0v) is 16.6. The molecule has 1 fully saturated rings. The number of carbonyl (C=O) groups is 2. The Bertz CT molecular complexity index is 826. The van der Waals surface area contributed by atoms with Crippen molar-refractivity contribution in [3.8, 4) is 0 Å². The van der Waals surface area contributed by atoms with E-state index < -0.39 is 0 Å². The zero-order chi connectivity index (χ0) is 17.8. The number of hydrogen-bond donors (Lipinski definition) is 1. The highest BCUT2D eigenvalue weighted by molar-refractivity contribution is 8.26. The fourth-order valence-electron chi connectivity index (χ4n) is 2.19. The van der Waals surface area contributed by atoms with Crippen LogP contribution in [-0.4, -0.2) is 32.6 Å². The van der Waals surface area contributed by atoms with Crippen LogP contribution in [-0.2, 0) is 9.59 Å². The van der Waals surface area contributed by atoms with Gasteiger partial charge in [-0.3, -0.25) is 14.5 Å². The molecule has 1 aliphatic heterocycles. The maximum Gasteiger partial charge on any atom is 0.266 e. The SMILES string of the molecule is Cc1csc(NC(=O)CCCN2C(=O)/C(=C\c3cccs3)SC2=S)n1. The molecule has 0 bridgehead atoms. The molecule has 130 valence electrons. The summed E-state index contributed by atoms with van der Waals surface area (Å²) in [6.07, 6.45) is 2.73. The summed E-state index contributed by atoms with van der Waals surface area (Å²) in [4.78, 5) is 31.8. The summed E-state index contributed by atoms with van der Waals surface area (Å²) in [5.41, 5.74) is 0.885. The van der Waals surface area contributed by atoms with E-state index in [1.54, 1.807) is 16.2 Å². The summed E-state index contributed by atoms with van der Waals surface area (Å²) in [7, 11) is 0. The summed E-state index contributed by atoms with van der Waals surface area (Å²) < 4.78 is 0.545. The van der Waals surface area contributed by atoms with Gasteiger partial charge in [-0.05, 0) is 30.9 Å². The third-order valence-electron chi connectivity index (χ3n) is 3.34. The molecule has 1 aliphatic rings. The summed E-state index contributed by atoms with van der Waals surface area (Å²) in [6, 6.07) is 3.90. The number of aromatic nitrogens is 1. The number of thiazole rings is 1. The smallest absolute Gasteiger partial charge is 0.266 e. The second-order valence-electron chi connectivity index (χ2n) is 5.29. The Morgan fingerprint density at radius 3 is 2.96 bits per heavy atom. The van der Waals surface area contributed by atoms with Gasteiger partial charge in [0.15, 0.2) is 5.13 Å². The Balaban J connectivity index is 1.50. The fourth-order valence-corrected chi connectivity index (χ4v) is 4.92. The average molecular weight is 410 g/mol. The van der Waals surface area contributed by atoms with E-state index in [9.17, 15) is 9.59 Å². The number of carbonyl (C=O) groups excluding carboxylic acids is 2. The molecule has 1 saturated heterocycles. The predicted octanol–water partition coefficient (Wildman–Crippen LogP) is 4.13. The number of thioether (sulfide) groups is 1. The third-order valence-corrected chi connectivity index (χ3v) is 6.41. The molecule has 0 aliphatic carbocycles. The highest BCUT2D eigenvalue weighted by Gasteiger charge is 2.31. The van der Waals surface area contributed by atoms with Crippen LogP contribution in [0.5, 0.6) is 0 Å². The minimum absolute atomic E-state index is 0.0839. The van der Waals surface area contributed by atoms with Crippen molar-refractivity contribution in [2.24, 2.45) is 0 Å². The molecule has 1 N–H and O–H groups in total. The Kier molecular flexibility index (Phi) is 6.00. The zero-order valence-electron chi connectivity index (χ0n) is 13.4. The van der Waals surface area contributed by atoms with Gasteiger partial charge in [0.1, 0.15) is 4.32 Å². The molecule has 0 saturated carbocycles. The van der Waals surface area contributed by atoms with Crippen molar-refractivity contribution in [1.82, 2.24) is 9.88 Å². The monoisotopic (exact) mass is 409 g/mol. The quantitative estimate of drug-likeness (QED) is 0.574. The molecule has 9 heteroatoms. The van der Waals surface area contributed by atoms with Gasteiger partial charge in [0.05, 0.1) is 10.6 Å². The van der Waals surface area contributed by atoms with Crippen molar-refractivity contribution < 1.29 is 9.59 Å². The van der Waals surface area contributed by atoms with Crippen LogP contribution in [0.3, 0.4) is 0 Å². The highest BCUT2D eigenvalue weighted by atomic mass is 32.2. The second kappa shape index (κ2) is 8.22. The summed E-state index contributed by atoms with van der Waals surface area (Å²) in [5.74, 6) is -0.187. The van der Waals surface area contributed by atoms with E-state index in [1.807, 2.05) is 35.9 Å². The lowest BCUT2D eigenvalue weighted by Crippen LogP contribution is -2.29. The van der Waals surface area contributed by atoms with Crippen LogP contribution in [0.15, 0.2) is 27.8 Å². The number of nitrogens with zero attached hydrogens (tertiary/aromatic N) is 2. The van der Waals surface area contributed by atoms with Crippen LogP contribution in [0.4, 0.5) is 5.13 Å². The lowest BCUT2D eigenvalue weighted by atomic mass is 10.2. The number of hydrogen-bond acceptors (Lipinski definition) is 7. The standard InChI is InChI=1S/C16H15N3O2S4/c1-10-9-24-15(17-10)18-13(20)5-2-6-19-14(21)12(25-16(19)22)8-11-4-3-7-23-11/h3-4,7-9H,2,5-6H2,1H3,(H,17,18,20)/b12-8+. The van der Waals surface area contributed by atoms with Crippen molar-refractivity contribution in [2.45, 2.75) is 19.8 Å². The van der Waals surface area contributed by atoms with Gasteiger partial charge < -0.3 is 5.32 Å². The Morgan fingerprint density at radius 2 is 2.28 bits per heavy atom. The lowest BCUT2D eigenvalue weighted by molar-refractivity contribution is -0.122. The van der Waals surface area contributed by atoms with Gasteiger partial charge in [-0.25, -0.2) is 4.98 Å². The Labute approximate surface area is 163 Å². The normalized spacial score (nSPS) is 16.0. The van der Waals surface area contributed by atoms with E-state index in [2.05, 4.69) is 10.3 Å². The van der Waals surface area contributed by atoms with Gasteiger partial charge in [-0.1, -0.05) is 30.0 Å². The maximum atomic E-state index is 12.5. The van der Waals surface area contributed by atoms with Gasteiger partial charge in [0, 0.05) is 23.2 Å². The van der Waals surface area contributed by atoms with Crippen molar-refractivity contribution in [1.29, 1.82) is 0 Å². The van der Waals surface area contributed by atoms with Crippen LogP contribution in [0.2, 0.25) is 0 Å². The molecule has 3 rings (SSSR count). The topological polar surface area (TPSA) is 62.3 Å². The van der Waals surface area contributed by atoms with E-state index in [0.717, 1.165) is 10.6 Å². The molecule has 25 heavy (non-hydrogen) atoms. The van der Waals surface area contributed by atoms with Crippen LogP contribution >= 0.6 is 46.7 Å². The van der Waals surface area contributed by atoms with Gasteiger partial charge in [-0.15, -0.1) is 22.7 Å². The highest BCUT2D eigenvalue weighted by Crippen LogP contribution is 2.33. The van der Waals surface area contributed by atoms with Gasteiger partial charge >= 0.3 is 0 Å². The maximum absolute atomic E-state index is 12.5. The molecule has 5 nitrogen and oxygen atoms in total. The molecule has 2 aromatic heterocycles. The van der Waals surface area contributed by atoms with E-state index in [4.69, 9.17) is 12.2 Å². The van der Waals surface area contributed by atoms with Crippen LogP contribution < -0.4 is 5.32 Å². The molecule has 0 spiro atoms. The molecule has 0 aromatic carbocycles. The van der Waals surface area contributed by atoms with Gasteiger partial charge in [0.25, 0.3) is 5.91 Å². The predicted molar refractivity (Wildman–Crippen MR) is 109 cm³/mol. The number of aryl methyl sites for hydroxylation is 1. The van der Waals surface area contributed by atoms with E-state index in [1.165, 1.54) is 23.1 Å². The summed E-state index contributed by atoms with van der Waals surface area (Å²) in [6.45, 7) is 2.32. The van der Waals surface area contributed by atoms with Crippen molar-refractivity contribution in [3.05, 3.63) is 38.4 Å². The van der Waals surface area contributed by atoms with Crippen molar-refractivity contribution in [3.63, 3.8) is 0 Å². The largest absolute Gasteiger partial charge is 0.302 e. The van der Waals surface area contributed by atoms with Crippen LogP contribution in [0.25, 0.3) is 6.08 Å². The molecular weight excluding hydrogens is 394 g/mol. The third kappa shape index (κ3) is 4.75. The van der Waals surface area contributed by atoms with Gasteiger partial charge in [0.2, 0.25) is 5.91 Å². The minimum atomic E-state index is -0.103.